The molecular formula is C8H3F3IN2O. The normalized spacial score (nSPS) is 14.5. The molecule has 0 atom stereocenters. The summed E-state index contributed by atoms with van der Waals surface area (Å²) in [5.74, 6) is 0. The first kappa shape index (κ1) is 10.5. The Labute approximate surface area is 96.2 Å². The van der Waals surface area contributed by atoms with Crippen LogP contribution in [0.4, 0.5) is 29.3 Å². The van der Waals surface area contributed by atoms with Crippen molar-refractivity contribution in [2.45, 2.75) is 6.18 Å². The minimum absolute atomic E-state index is 0.110. The number of nitrogens with one attached hydrogen (secondary N) is 1. The van der Waals surface area contributed by atoms with Crippen LogP contribution in [-0.2, 0) is 6.18 Å². The first-order valence-electron chi connectivity index (χ1n) is 3.81. The Balaban J connectivity index is 2.54. The van der Waals surface area contributed by atoms with E-state index in [0.29, 0.717) is 3.57 Å². The summed E-state index contributed by atoms with van der Waals surface area (Å²) in [5.41, 5.74) is -0.407. The number of carbonyl (C=O) groups is 1. The van der Waals surface area contributed by atoms with Gasteiger partial charge < -0.3 is 5.32 Å². The summed E-state index contributed by atoms with van der Waals surface area (Å²) in [6, 6.07) is 1.21. The number of urea groups is 1. The number of fused-ring (bicyclic) bond motifs is 1. The van der Waals surface area contributed by atoms with Crippen LogP contribution in [0, 0.1) is 3.57 Å². The van der Waals surface area contributed by atoms with Gasteiger partial charge in [0.15, 0.2) is 0 Å². The molecule has 2 amide bonds. The van der Waals surface area contributed by atoms with E-state index in [1.54, 1.807) is 22.6 Å². The predicted octanol–water partition coefficient (Wildman–Crippen LogP) is 3.09. The van der Waals surface area contributed by atoms with Crippen molar-refractivity contribution in [2.24, 2.45) is 0 Å². The highest BCUT2D eigenvalue weighted by Gasteiger charge is 2.34. The minimum atomic E-state index is -4.41. The van der Waals surface area contributed by atoms with Crippen molar-refractivity contribution in [3.8, 4) is 0 Å². The van der Waals surface area contributed by atoms with E-state index in [4.69, 9.17) is 0 Å². The fraction of sp³-hybridized carbons (Fsp3) is 0.125. The van der Waals surface area contributed by atoms with Crippen molar-refractivity contribution in [2.75, 3.05) is 5.32 Å². The van der Waals surface area contributed by atoms with Crippen molar-refractivity contribution in [1.29, 1.82) is 0 Å². The number of benzene rings is 1. The zero-order valence-electron chi connectivity index (χ0n) is 7.02. The molecule has 1 radical (unpaired) electrons. The van der Waals surface area contributed by atoms with Crippen LogP contribution >= 0.6 is 22.6 Å². The number of carbonyl (C=O) groups excluding carboxylic acids is 1. The molecule has 2 rings (SSSR count). The Hall–Kier alpha value is -0.990. The largest absolute Gasteiger partial charge is 0.416 e. The number of anilines is 1. The van der Waals surface area contributed by atoms with Gasteiger partial charge in [-0.3, -0.25) is 0 Å². The highest BCUT2D eigenvalue weighted by molar-refractivity contribution is 14.1. The van der Waals surface area contributed by atoms with Gasteiger partial charge >= 0.3 is 12.2 Å². The fourth-order valence-corrected chi connectivity index (χ4v) is 1.96. The summed E-state index contributed by atoms with van der Waals surface area (Å²) < 4.78 is 37.5. The fourth-order valence-electron chi connectivity index (χ4n) is 1.22. The number of hydrogen-bond donors (Lipinski definition) is 1. The molecule has 15 heavy (non-hydrogen) atoms. The molecule has 1 aliphatic rings. The molecular weight excluding hydrogens is 324 g/mol. The maximum atomic E-state index is 12.4. The van der Waals surface area contributed by atoms with Gasteiger partial charge in [0.1, 0.15) is 5.69 Å². The van der Waals surface area contributed by atoms with Crippen LogP contribution in [0.25, 0.3) is 0 Å². The lowest BCUT2D eigenvalue weighted by atomic mass is 10.2. The molecule has 0 bridgehead atoms. The number of nitrogens with zero attached hydrogens (tertiary/aromatic N) is 1. The van der Waals surface area contributed by atoms with Gasteiger partial charge in [0.25, 0.3) is 0 Å². The third kappa shape index (κ3) is 1.87. The van der Waals surface area contributed by atoms with Gasteiger partial charge in [-0.25, -0.2) is 4.79 Å². The van der Waals surface area contributed by atoms with Crippen LogP contribution in [0.15, 0.2) is 12.1 Å². The zero-order chi connectivity index (χ0) is 11.2. The topological polar surface area (TPSA) is 43.2 Å². The summed E-state index contributed by atoms with van der Waals surface area (Å²) in [6.07, 6.45) is -4.41. The van der Waals surface area contributed by atoms with Crippen molar-refractivity contribution < 1.29 is 18.0 Å². The molecule has 0 aromatic heterocycles. The van der Waals surface area contributed by atoms with Crippen molar-refractivity contribution in [3.05, 3.63) is 21.3 Å². The highest BCUT2D eigenvalue weighted by Crippen LogP contribution is 2.39. The molecule has 0 fully saturated rings. The quantitative estimate of drug-likeness (QED) is 0.731. The van der Waals surface area contributed by atoms with Crippen LogP contribution in [0.3, 0.4) is 0 Å². The van der Waals surface area contributed by atoms with Gasteiger partial charge in [0.05, 0.1) is 11.3 Å². The van der Waals surface area contributed by atoms with Gasteiger partial charge in [0, 0.05) is 3.57 Å². The molecule has 79 valence electrons. The van der Waals surface area contributed by atoms with E-state index in [9.17, 15) is 18.0 Å². The van der Waals surface area contributed by atoms with Gasteiger partial charge in [-0.05, 0) is 34.7 Å². The van der Waals surface area contributed by atoms with E-state index in [2.05, 4.69) is 10.6 Å². The molecule has 1 N–H and O–H groups in total. The first-order valence-corrected chi connectivity index (χ1v) is 4.89. The van der Waals surface area contributed by atoms with Crippen molar-refractivity contribution >= 4 is 40.0 Å². The van der Waals surface area contributed by atoms with Gasteiger partial charge in [0.2, 0.25) is 0 Å². The molecule has 3 nitrogen and oxygen atoms in total. The average molecular weight is 327 g/mol. The lowest BCUT2D eigenvalue weighted by Gasteiger charge is -2.08. The Morgan fingerprint density at radius 2 is 2.00 bits per heavy atom. The smallest absolute Gasteiger partial charge is 0.304 e. The summed E-state index contributed by atoms with van der Waals surface area (Å²) in [7, 11) is 0. The second-order valence-electron chi connectivity index (χ2n) is 2.89. The maximum Gasteiger partial charge on any atom is 0.416 e. The molecule has 0 saturated heterocycles. The number of halogens is 4. The van der Waals surface area contributed by atoms with E-state index >= 15 is 0 Å². The van der Waals surface area contributed by atoms with Gasteiger partial charge in [-0.1, -0.05) is 0 Å². The van der Waals surface area contributed by atoms with Crippen molar-refractivity contribution in [3.63, 3.8) is 0 Å². The van der Waals surface area contributed by atoms with E-state index in [-0.39, 0.29) is 11.4 Å². The lowest BCUT2D eigenvalue weighted by molar-refractivity contribution is -0.137. The predicted molar refractivity (Wildman–Crippen MR) is 55.0 cm³/mol. The summed E-state index contributed by atoms with van der Waals surface area (Å²) in [5, 5.41) is 5.79. The number of amides is 2. The van der Waals surface area contributed by atoms with Crippen LogP contribution in [0.1, 0.15) is 5.56 Å². The third-order valence-corrected chi connectivity index (χ3v) is 2.67. The second kappa shape index (κ2) is 3.26. The Morgan fingerprint density at radius 1 is 1.33 bits per heavy atom. The van der Waals surface area contributed by atoms with E-state index in [0.717, 1.165) is 12.1 Å². The Bertz CT molecular complexity index is 444. The minimum Gasteiger partial charge on any atom is -0.304 e. The molecule has 1 aliphatic heterocycles. The summed E-state index contributed by atoms with van der Waals surface area (Å²) in [6.45, 7) is 0. The second-order valence-corrected chi connectivity index (χ2v) is 4.06. The Kier molecular flexibility index (Phi) is 2.28. The van der Waals surface area contributed by atoms with E-state index < -0.39 is 17.8 Å². The third-order valence-electron chi connectivity index (χ3n) is 1.85. The van der Waals surface area contributed by atoms with Crippen LogP contribution < -0.4 is 10.6 Å². The molecule has 1 aromatic carbocycles. The molecule has 1 heterocycles. The first-order chi connectivity index (χ1) is 6.88. The molecule has 7 heteroatoms. The van der Waals surface area contributed by atoms with E-state index in [1.807, 2.05) is 0 Å². The highest BCUT2D eigenvalue weighted by atomic mass is 127. The van der Waals surface area contributed by atoms with Gasteiger partial charge in [-0.2, -0.15) is 18.5 Å². The van der Waals surface area contributed by atoms with Crippen LogP contribution in [0.2, 0.25) is 0 Å². The SMILES string of the molecule is O=C1[N]c2c(I)cc(C(F)(F)F)cc2N1. The number of hydrogen-bond acceptors (Lipinski definition) is 1. The molecule has 0 aliphatic carbocycles. The standard InChI is InChI=1S/C8H3F3IN2O/c9-8(10,11)3-1-4(12)6-5(2-3)13-7(15)14-6/h1-2H,(H,13,15). The molecule has 0 unspecified atom stereocenters. The molecule has 1 aromatic rings. The summed E-state index contributed by atoms with van der Waals surface area (Å²) in [4.78, 5) is 10.9. The average Bonchev–Trinajstić information content (AvgIpc) is 2.44. The van der Waals surface area contributed by atoms with Gasteiger partial charge in [-0.15, -0.1) is 0 Å². The molecule has 0 saturated carbocycles. The van der Waals surface area contributed by atoms with E-state index in [1.165, 1.54) is 0 Å². The lowest BCUT2D eigenvalue weighted by Crippen LogP contribution is -2.08. The zero-order valence-corrected chi connectivity index (χ0v) is 9.18. The maximum absolute atomic E-state index is 12.4. The Morgan fingerprint density at radius 3 is 2.60 bits per heavy atom. The molecule has 0 spiro atoms. The number of rotatable bonds is 0. The van der Waals surface area contributed by atoms with Crippen LogP contribution in [-0.4, -0.2) is 6.03 Å². The number of alkyl halides is 3. The summed E-state index contributed by atoms with van der Waals surface area (Å²) >= 11 is 1.72. The van der Waals surface area contributed by atoms with Crippen LogP contribution in [0.5, 0.6) is 0 Å². The van der Waals surface area contributed by atoms with Crippen molar-refractivity contribution in [1.82, 2.24) is 5.32 Å². The monoisotopic (exact) mass is 327 g/mol.